The Labute approximate surface area is 97.0 Å². The lowest BCUT2D eigenvalue weighted by Crippen LogP contribution is -2.15. The van der Waals surface area contributed by atoms with Gasteiger partial charge in [0.2, 0.25) is 0 Å². The number of aromatic nitrogens is 1. The molecule has 1 aromatic rings. The van der Waals surface area contributed by atoms with E-state index < -0.39 is 0 Å². The second kappa shape index (κ2) is 3.96. The standard InChI is InChI=1S/C13H20N2O/c1-13(2,3)10-6-12(14)15-7-11(10)16-8-9-4-5-9/h6-7,9H,4-5,8H2,1-3H3,(H2,14,15). The Bertz CT molecular complexity index is 378. The second-order valence-electron chi connectivity index (χ2n) is 5.61. The van der Waals surface area contributed by atoms with E-state index in [1.165, 1.54) is 12.8 Å². The molecule has 0 atom stereocenters. The first-order valence-electron chi connectivity index (χ1n) is 5.85. The molecule has 0 unspecified atom stereocenters. The molecule has 0 aromatic carbocycles. The van der Waals surface area contributed by atoms with E-state index in [1.54, 1.807) is 6.20 Å². The molecule has 1 fully saturated rings. The Hall–Kier alpha value is -1.25. The molecule has 1 heterocycles. The molecule has 0 radical (unpaired) electrons. The Kier molecular flexibility index (Phi) is 2.78. The number of hydrogen-bond donors (Lipinski definition) is 1. The van der Waals surface area contributed by atoms with Gasteiger partial charge in [-0.15, -0.1) is 0 Å². The minimum atomic E-state index is 0.0376. The van der Waals surface area contributed by atoms with E-state index in [2.05, 4.69) is 25.8 Å². The van der Waals surface area contributed by atoms with Gasteiger partial charge in [0, 0.05) is 5.56 Å². The highest BCUT2D eigenvalue weighted by Crippen LogP contribution is 2.34. The van der Waals surface area contributed by atoms with E-state index in [-0.39, 0.29) is 5.41 Å². The molecule has 1 aromatic heterocycles. The summed E-state index contributed by atoms with van der Waals surface area (Å²) in [6.45, 7) is 7.29. The van der Waals surface area contributed by atoms with Crippen LogP contribution >= 0.6 is 0 Å². The smallest absolute Gasteiger partial charge is 0.141 e. The molecule has 2 rings (SSSR count). The van der Waals surface area contributed by atoms with Crippen molar-refractivity contribution in [2.24, 2.45) is 5.92 Å². The summed E-state index contributed by atoms with van der Waals surface area (Å²) in [5.74, 6) is 2.20. The van der Waals surface area contributed by atoms with Crippen LogP contribution in [0.25, 0.3) is 0 Å². The second-order valence-corrected chi connectivity index (χ2v) is 5.61. The zero-order chi connectivity index (χ0) is 11.8. The van der Waals surface area contributed by atoms with E-state index in [0.717, 1.165) is 23.8 Å². The molecular formula is C13H20N2O. The van der Waals surface area contributed by atoms with Crippen LogP contribution in [0, 0.1) is 5.92 Å². The van der Waals surface area contributed by atoms with Crippen LogP contribution in [0.4, 0.5) is 5.82 Å². The molecule has 16 heavy (non-hydrogen) atoms. The average molecular weight is 220 g/mol. The van der Waals surface area contributed by atoms with Crippen molar-refractivity contribution >= 4 is 5.82 Å². The maximum Gasteiger partial charge on any atom is 0.141 e. The number of rotatable bonds is 3. The number of nitrogens with two attached hydrogens (primary N) is 1. The number of pyridine rings is 1. The zero-order valence-corrected chi connectivity index (χ0v) is 10.3. The third-order valence-corrected chi connectivity index (χ3v) is 2.87. The van der Waals surface area contributed by atoms with Crippen molar-refractivity contribution in [3.63, 3.8) is 0 Å². The van der Waals surface area contributed by atoms with Gasteiger partial charge in [0.1, 0.15) is 11.6 Å². The zero-order valence-electron chi connectivity index (χ0n) is 10.3. The van der Waals surface area contributed by atoms with E-state index in [0.29, 0.717) is 5.82 Å². The molecule has 1 saturated carbocycles. The maximum absolute atomic E-state index is 5.82. The number of hydrogen-bond acceptors (Lipinski definition) is 3. The molecule has 88 valence electrons. The van der Waals surface area contributed by atoms with Crippen LogP contribution < -0.4 is 10.5 Å². The maximum atomic E-state index is 5.82. The lowest BCUT2D eigenvalue weighted by atomic mass is 9.87. The van der Waals surface area contributed by atoms with Crippen molar-refractivity contribution in [3.8, 4) is 5.75 Å². The molecule has 1 aliphatic carbocycles. The van der Waals surface area contributed by atoms with Gasteiger partial charge in [0.25, 0.3) is 0 Å². The summed E-state index contributed by atoms with van der Waals surface area (Å²) in [5.41, 5.74) is 6.90. The van der Waals surface area contributed by atoms with E-state index in [9.17, 15) is 0 Å². The molecule has 3 nitrogen and oxygen atoms in total. The van der Waals surface area contributed by atoms with Crippen molar-refractivity contribution in [2.75, 3.05) is 12.3 Å². The van der Waals surface area contributed by atoms with Crippen LogP contribution in [0.3, 0.4) is 0 Å². The molecule has 0 aliphatic heterocycles. The minimum Gasteiger partial charge on any atom is -0.491 e. The van der Waals surface area contributed by atoms with Gasteiger partial charge < -0.3 is 10.5 Å². The predicted octanol–water partition coefficient (Wildman–Crippen LogP) is 2.75. The Balaban J connectivity index is 2.20. The average Bonchev–Trinajstić information content (AvgIpc) is 2.98. The van der Waals surface area contributed by atoms with Crippen molar-refractivity contribution in [1.82, 2.24) is 4.98 Å². The van der Waals surface area contributed by atoms with Gasteiger partial charge in [0.05, 0.1) is 12.8 Å². The fourth-order valence-corrected chi connectivity index (χ4v) is 1.65. The van der Waals surface area contributed by atoms with Gasteiger partial charge in [-0.05, 0) is 30.2 Å². The van der Waals surface area contributed by atoms with Gasteiger partial charge in [-0.1, -0.05) is 20.8 Å². The first kappa shape index (κ1) is 11.2. The quantitative estimate of drug-likeness (QED) is 0.852. The SMILES string of the molecule is CC(C)(C)c1cc(N)ncc1OCC1CC1. The lowest BCUT2D eigenvalue weighted by molar-refractivity contribution is 0.291. The molecule has 2 N–H and O–H groups in total. The summed E-state index contributed by atoms with van der Waals surface area (Å²) in [7, 11) is 0. The van der Waals surface area contributed by atoms with Gasteiger partial charge >= 0.3 is 0 Å². The first-order valence-corrected chi connectivity index (χ1v) is 5.85. The van der Waals surface area contributed by atoms with Crippen LogP contribution in [0.15, 0.2) is 12.3 Å². The van der Waals surface area contributed by atoms with E-state index in [4.69, 9.17) is 10.5 Å². The fourth-order valence-electron chi connectivity index (χ4n) is 1.65. The van der Waals surface area contributed by atoms with Gasteiger partial charge in [-0.3, -0.25) is 0 Å². The van der Waals surface area contributed by atoms with E-state index >= 15 is 0 Å². The van der Waals surface area contributed by atoms with Crippen LogP contribution in [-0.2, 0) is 5.41 Å². The summed E-state index contributed by atoms with van der Waals surface area (Å²) in [6, 6.07) is 1.92. The molecule has 3 heteroatoms. The highest BCUT2D eigenvalue weighted by Gasteiger charge is 2.24. The molecular weight excluding hydrogens is 200 g/mol. The van der Waals surface area contributed by atoms with Gasteiger partial charge in [-0.2, -0.15) is 0 Å². The monoisotopic (exact) mass is 220 g/mol. The van der Waals surface area contributed by atoms with Crippen molar-refractivity contribution < 1.29 is 4.74 Å². The molecule has 0 amide bonds. The third-order valence-electron chi connectivity index (χ3n) is 2.87. The third kappa shape index (κ3) is 2.65. The van der Waals surface area contributed by atoms with Crippen LogP contribution in [-0.4, -0.2) is 11.6 Å². The van der Waals surface area contributed by atoms with Crippen molar-refractivity contribution in [2.45, 2.75) is 39.0 Å². The predicted molar refractivity (Wildman–Crippen MR) is 65.6 cm³/mol. The van der Waals surface area contributed by atoms with Crippen LogP contribution in [0.5, 0.6) is 5.75 Å². The van der Waals surface area contributed by atoms with Crippen LogP contribution in [0.1, 0.15) is 39.2 Å². The number of ether oxygens (including phenoxy) is 1. The molecule has 0 spiro atoms. The molecule has 0 bridgehead atoms. The first-order chi connectivity index (χ1) is 7.47. The Morgan fingerprint density at radius 1 is 1.44 bits per heavy atom. The highest BCUT2D eigenvalue weighted by atomic mass is 16.5. The Morgan fingerprint density at radius 2 is 2.12 bits per heavy atom. The lowest BCUT2D eigenvalue weighted by Gasteiger charge is -2.22. The Morgan fingerprint density at radius 3 is 2.69 bits per heavy atom. The summed E-state index contributed by atoms with van der Waals surface area (Å²) >= 11 is 0. The summed E-state index contributed by atoms with van der Waals surface area (Å²) in [4.78, 5) is 4.10. The number of nitrogens with zero attached hydrogens (tertiary/aromatic N) is 1. The van der Waals surface area contributed by atoms with E-state index in [1.807, 2.05) is 6.07 Å². The summed E-state index contributed by atoms with van der Waals surface area (Å²) < 4.78 is 5.82. The summed E-state index contributed by atoms with van der Waals surface area (Å²) in [6.07, 6.45) is 4.35. The largest absolute Gasteiger partial charge is 0.491 e. The van der Waals surface area contributed by atoms with Crippen LogP contribution in [0.2, 0.25) is 0 Å². The normalized spacial score (nSPS) is 16.2. The molecule has 0 saturated heterocycles. The van der Waals surface area contributed by atoms with Gasteiger partial charge in [0.15, 0.2) is 0 Å². The summed E-state index contributed by atoms with van der Waals surface area (Å²) in [5, 5.41) is 0. The topological polar surface area (TPSA) is 48.1 Å². The van der Waals surface area contributed by atoms with Crippen molar-refractivity contribution in [3.05, 3.63) is 17.8 Å². The highest BCUT2D eigenvalue weighted by molar-refractivity contribution is 5.44. The van der Waals surface area contributed by atoms with Gasteiger partial charge in [-0.25, -0.2) is 4.98 Å². The van der Waals surface area contributed by atoms with Crippen molar-refractivity contribution in [1.29, 1.82) is 0 Å². The minimum absolute atomic E-state index is 0.0376. The fraction of sp³-hybridized carbons (Fsp3) is 0.615. The number of nitrogen functional groups attached to an aromatic ring is 1. The molecule has 1 aliphatic rings. The number of anilines is 1.